The summed E-state index contributed by atoms with van der Waals surface area (Å²) in [6.45, 7) is 1.78. The molecule has 29 heavy (non-hydrogen) atoms. The zero-order valence-electron chi connectivity index (χ0n) is 14.8. The first-order valence-electron chi connectivity index (χ1n) is 8.21. The second kappa shape index (κ2) is 8.13. The summed E-state index contributed by atoms with van der Waals surface area (Å²) in [6, 6.07) is 5.23. The number of carbonyl (C=O) groups is 1. The molecular weight excluding hydrogens is 422 g/mol. The van der Waals surface area contributed by atoms with Gasteiger partial charge in [-0.1, -0.05) is 11.8 Å². The van der Waals surface area contributed by atoms with Crippen LogP contribution in [-0.2, 0) is 4.79 Å². The molecule has 148 valence electrons. The van der Waals surface area contributed by atoms with E-state index in [0.717, 1.165) is 23.9 Å². The Labute approximate surface area is 171 Å². The molecule has 1 aromatic carbocycles. The summed E-state index contributed by atoms with van der Waals surface area (Å²) in [5.41, 5.74) is 1.55. The van der Waals surface area contributed by atoms with E-state index >= 15 is 0 Å². The van der Waals surface area contributed by atoms with Gasteiger partial charge in [0.25, 0.3) is 11.1 Å². The molecule has 0 atom stereocenters. The van der Waals surface area contributed by atoms with E-state index in [1.54, 1.807) is 18.4 Å². The Morgan fingerprint density at radius 1 is 1.24 bits per heavy atom. The van der Waals surface area contributed by atoms with Crippen LogP contribution >= 0.6 is 23.1 Å². The van der Waals surface area contributed by atoms with E-state index in [1.807, 2.05) is 0 Å². The monoisotopic (exact) mass is 434 g/mol. The third-order valence-electron chi connectivity index (χ3n) is 3.79. The number of aromatic nitrogens is 3. The SMILES string of the molecule is Cc1occc1-c1nnc(SCC(=O)Nc2nc(-c3ccc(F)c(F)c3)cs2)o1. The number of nitrogens with zero attached hydrogens (tertiary/aromatic N) is 3. The minimum absolute atomic E-state index is 0.0338. The van der Waals surface area contributed by atoms with Crippen LogP contribution in [0.5, 0.6) is 0 Å². The molecule has 0 radical (unpaired) electrons. The highest BCUT2D eigenvalue weighted by molar-refractivity contribution is 7.99. The Hall–Kier alpha value is -3.05. The average Bonchev–Trinajstić information content (AvgIpc) is 3.43. The van der Waals surface area contributed by atoms with Crippen LogP contribution in [0.4, 0.5) is 13.9 Å². The second-order valence-electron chi connectivity index (χ2n) is 5.77. The van der Waals surface area contributed by atoms with Crippen molar-refractivity contribution in [3.8, 4) is 22.7 Å². The lowest BCUT2D eigenvalue weighted by Crippen LogP contribution is -2.13. The first-order valence-corrected chi connectivity index (χ1v) is 10.1. The van der Waals surface area contributed by atoms with E-state index in [-0.39, 0.29) is 16.9 Å². The number of anilines is 1. The number of furan rings is 1. The predicted octanol–water partition coefficient (Wildman–Crippen LogP) is 4.77. The zero-order valence-corrected chi connectivity index (χ0v) is 16.4. The van der Waals surface area contributed by atoms with Crippen molar-refractivity contribution in [2.75, 3.05) is 11.1 Å². The first kappa shape index (κ1) is 19.3. The Bertz CT molecular complexity index is 1170. The lowest BCUT2D eigenvalue weighted by molar-refractivity contribution is -0.113. The number of aryl methyl sites for hydroxylation is 1. The lowest BCUT2D eigenvalue weighted by Gasteiger charge is -2.00. The summed E-state index contributed by atoms with van der Waals surface area (Å²) >= 11 is 2.26. The maximum absolute atomic E-state index is 13.4. The van der Waals surface area contributed by atoms with Gasteiger partial charge in [0, 0.05) is 10.9 Å². The van der Waals surface area contributed by atoms with Crippen molar-refractivity contribution in [1.82, 2.24) is 15.2 Å². The third-order valence-corrected chi connectivity index (χ3v) is 5.36. The second-order valence-corrected chi connectivity index (χ2v) is 7.55. The van der Waals surface area contributed by atoms with Crippen LogP contribution in [0.3, 0.4) is 0 Å². The van der Waals surface area contributed by atoms with E-state index in [1.165, 1.54) is 23.7 Å². The molecule has 11 heteroatoms. The quantitative estimate of drug-likeness (QED) is 0.437. The molecule has 0 unspecified atom stereocenters. The molecule has 7 nitrogen and oxygen atoms in total. The van der Waals surface area contributed by atoms with E-state index in [9.17, 15) is 13.6 Å². The number of halogens is 2. The molecule has 1 amide bonds. The maximum Gasteiger partial charge on any atom is 0.277 e. The molecule has 0 aliphatic rings. The van der Waals surface area contributed by atoms with E-state index < -0.39 is 11.6 Å². The molecular formula is C18H12F2N4O3S2. The Balaban J connectivity index is 1.35. The van der Waals surface area contributed by atoms with Crippen molar-refractivity contribution >= 4 is 34.1 Å². The zero-order chi connectivity index (χ0) is 20.4. The van der Waals surface area contributed by atoms with Crippen molar-refractivity contribution in [2.24, 2.45) is 0 Å². The molecule has 3 heterocycles. The fourth-order valence-electron chi connectivity index (χ4n) is 2.39. The molecule has 4 rings (SSSR count). The summed E-state index contributed by atoms with van der Waals surface area (Å²) in [5.74, 6) is -1.20. The van der Waals surface area contributed by atoms with Gasteiger partial charge >= 0.3 is 0 Å². The van der Waals surface area contributed by atoms with Crippen LogP contribution in [0, 0.1) is 18.6 Å². The Morgan fingerprint density at radius 3 is 2.86 bits per heavy atom. The minimum atomic E-state index is -0.956. The molecule has 0 bridgehead atoms. The topological polar surface area (TPSA) is 94.0 Å². The van der Waals surface area contributed by atoms with Gasteiger partial charge in [0.2, 0.25) is 5.91 Å². The number of hydrogen-bond donors (Lipinski definition) is 1. The normalized spacial score (nSPS) is 11.0. The van der Waals surface area contributed by atoms with E-state index in [2.05, 4.69) is 20.5 Å². The van der Waals surface area contributed by atoms with Crippen LogP contribution in [0.2, 0.25) is 0 Å². The van der Waals surface area contributed by atoms with Gasteiger partial charge in [-0.3, -0.25) is 4.79 Å². The number of amides is 1. The van der Waals surface area contributed by atoms with Crippen molar-refractivity contribution in [3.05, 3.63) is 53.3 Å². The van der Waals surface area contributed by atoms with Crippen LogP contribution < -0.4 is 5.32 Å². The summed E-state index contributed by atoms with van der Waals surface area (Å²) in [7, 11) is 0. The fourth-order valence-corrected chi connectivity index (χ4v) is 3.68. The molecule has 0 fully saturated rings. The highest BCUT2D eigenvalue weighted by atomic mass is 32.2. The van der Waals surface area contributed by atoms with Gasteiger partial charge in [0.05, 0.1) is 23.3 Å². The largest absolute Gasteiger partial charge is 0.469 e. The van der Waals surface area contributed by atoms with Crippen LogP contribution in [0.15, 0.2) is 50.0 Å². The number of rotatable bonds is 6. The lowest BCUT2D eigenvalue weighted by atomic mass is 10.2. The number of hydrogen-bond acceptors (Lipinski definition) is 8. The molecule has 0 aliphatic carbocycles. The standard InChI is InChI=1S/C18H12F2N4O3S2/c1-9-11(4-5-26-9)16-23-24-18(27-16)29-8-15(25)22-17-21-14(7-28-17)10-2-3-12(19)13(20)6-10/h2-7H,8H2,1H3,(H,21,22,25). The fraction of sp³-hybridized carbons (Fsp3) is 0.111. The number of nitrogens with one attached hydrogen (secondary N) is 1. The van der Waals surface area contributed by atoms with Crippen LogP contribution in [-0.4, -0.2) is 26.8 Å². The van der Waals surface area contributed by atoms with Crippen LogP contribution in [0.25, 0.3) is 22.7 Å². The van der Waals surface area contributed by atoms with Crippen molar-refractivity contribution in [2.45, 2.75) is 12.1 Å². The van der Waals surface area contributed by atoms with Crippen molar-refractivity contribution < 1.29 is 22.4 Å². The molecule has 3 aromatic heterocycles. The highest BCUT2D eigenvalue weighted by Crippen LogP contribution is 2.28. The number of thioether (sulfide) groups is 1. The summed E-state index contributed by atoms with van der Waals surface area (Å²) in [5, 5.41) is 12.7. The number of carbonyl (C=O) groups excluding carboxylic acids is 1. The molecule has 0 saturated carbocycles. The Morgan fingerprint density at radius 2 is 2.10 bits per heavy atom. The smallest absolute Gasteiger partial charge is 0.277 e. The number of thiazole rings is 1. The van der Waals surface area contributed by atoms with E-state index in [0.29, 0.717) is 33.6 Å². The molecule has 4 aromatic rings. The predicted molar refractivity (Wildman–Crippen MR) is 104 cm³/mol. The summed E-state index contributed by atoms with van der Waals surface area (Å²) < 4.78 is 37.1. The van der Waals surface area contributed by atoms with Gasteiger partial charge in [-0.05, 0) is 31.2 Å². The minimum Gasteiger partial charge on any atom is -0.469 e. The maximum atomic E-state index is 13.4. The van der Waals surface area contributed by atoms with Gasteiger partial charge in [-0.15, -0.1) is 21.5 Å². The van der Waals surface area contributed by atoms with Crippen molar-refractivity contribution in [3.63, 3.8) is 0 Å². The third kappa shape index (κ3) is 4.35. The van der Waals surface area contributed by atoms with Gasteiger partial charge < -0.3 is 14.2 Å². The van der Waals surface area contributed by atoms with Crippen LogP contribution in [0.1, 0.15) is 5.76 Å². The van der Waals surface area contributed by atoms with Gasteiger partial charge in [-0.25, -0.2) is 13.8 Å². The summed E-state index contributed by atoms with van der Waals surface area (Å²) in [6.07, 6.45) is 1.53. The molecule has 0 aliphatic heterocycles. The van der Waals surface area contributed by atoms with E-state index in [4.69, 9.17) is 8.83 Å². The first-order chi connectivity index (χ1) is 14.0. The Kier molecular flexibility index (Phi) is 5.41. The highest BCUT2D eigenvalue weighted by Gasteiger charge is 2.15. The number of benzene rings is 1. The van der Waals surface area contributed by atoms with Gasteiger partial charge in [0.15, 0.2) is 16.8 Å². The molecule has 0 spiro atoms. The molecule has 0 saturated heterocycles. The summed E-state index contributed by atoms with van der Waals surface area (Å²) in [4.78, 5) is 16.4. The van der Waals surface area contributed by atoms with Crippen molar-refractivity contribution in [1.29, 1.82) is 0 Å². The average molecular weight is 434 g/mol. The van der Waals surface area contributed by atoms with Gasteiger partial charge in [0.1, 0.15) is 5.76 Å². The van der Waals surface area contributed by atoms with Gasteiger partial charge in [-0.2, -0.15) is 0 Å². The molecule has 1 N–H and O–H groups in total.